The quantitative estimate of drug-likeness (QED) is 0.153. The molecule has 2 heterocycles. The molecule has 0 bridgehead atoms. The number of hydrogen-bond donors (Lipinski definition) is 2. The van der Waals surface area contributed by atoms with Crippen LogP contribution >= 0.6 is 0 Å². The molecule has 1 aliphatic heterocycles. The number of nitrogens with zero attached hydrogens (tertiary/aromatic N) is 3. The summed E-state index contributed by atoms with van der Waals surface area (Å²) in [6.45, 7) is 23.1. The molecule has 0 radical (unpaired) electrons. The second-order valence-electron chi connectivity index (χ2n) is 14.0. The van der Waals surface area contributed by atoms with Crippen molar-refractivity contribution in [3.8, 4) is 11.1 Å². The fraction of sp³-hybridized carbons (Fsp3) is 0.357. The van der Waals surface area contributed by atoms with Gasteiger partial charge in [0.2, 0.25) is 0 Å². The van der Waals surface area contributed by atoms with Crippen LogP contribution in [0.25, 0.3) is 11.1 Å². The first-order valence-corrected chi connectivity index (χ1v) is 17.1. The predicted molar refractivity (Wildman–Crippen MR) is 201 cm³/mol. The van der Waals surface area contributed by atoms with E-state index in [2.05, 4.69) is 133 Å². The lowest BCUT2D eigenvalue weighted by Crippen LogP contribution is -2.35. The van der Waals surface area contributed by atoms with Crippen molar-refractivity contribution in [3.63, 3.8) is 0 Å². The number of likely N-dealkylation sites (tertiary alicyclic amines) is 1. The summed E-state index contributed by atoms with van der Waals surface area (Å²) < 4.78 is 2.20. The molecule has 1 saturated heterocycles. The monoisotopic (exact) mass is 629 g/mol. The van der Waals surface area contributed by atoms with Crippen molar-refractivity contribution in [1.29, 1.82) is 0 Å². The van der Waals surface area contributed by atoms with Crippen molar-refractivity contribution in [3.05, 3.63) is 145 Å². The van der Waals surface area contributed by atoms with E-state index < -0.39 is 0 Å². The largest absolute Gasteiger partial charge is 0.402 e. The molecule has 0 saturated carbocycles. The molecular weight excluding hydrogens is 574 g/mol. The number of aryl methyl sites for hydroxylation is 1. The number of aromatic nitrogens is 2. The summed E-state index contributed by atoms with van der Waals surface area (Å²) in [6, 6.07) is 30.1. The molecule has 1 fully saturated rings. The zero-order valence-corrected chi connectivity index (χ0v) is 29.1. The van der Waals surface area contributed by atoms with Crippen LogP contribution in [0, 0.1) is 11.3 Å². The van der Waals surface area contributed by atoms with Crippen molar-refractivity contribution in [1.82, 2.24) is 14.5 Å². The third-order valence-electron chi connectivity index (χ3n) is 9.04. The summed E-state index contributed by atoms with van der Waals surface area (Å²) in [5, 5.41) is 3.45. The number of hydrogen-bond acceptors (Lipinski definition) is 4. The highest BCUT2D eigenvalue weighted by atomic mass is 15.2. The van der Waals surface area contributed by atoms with E-state index >= 15 is 0 Å². The average molecular weight is 630 g/mol. The van der Waals surface area contributed by atoms with Crippen molar-refractivity contribution >= 4 is 5.82 Å². The molecule has 5 heteroatoms. The molecular formula is C42H55N5. The Morgan fingerprint density at radius 2 is 1.45 bits per heavy atom. The normalized spacial score (nSPS) is 14.1. The highest BCUT2D eigenvalue weighted by molar-refractivity contribution is 5.63. The molecule has 0 spiro atoms. The number of nitrogens with one attached hydrogen (secondary N) is 1. The second-order valence-corrected chi connectivity index (χ2v) is 14.0. The van der Waals surface area contributed by atoms with Crippen LogP contribution in [0.5, 0.6) is 0 Å². The lowest BCUT2D eigenvalue weighted by molar-refractivity contribution is 0.222. The van der Waals surface area contributed by atoms with Gasteiger partial charge in [0.25, 0.3) is 0 Å². The van der Waals surface area contributed by atoms with Gasteiger partial charge in [-0.3, -0.25) is 0 Å². The van der Waals surface area contributed by atoms with Gasteiger partial charge in [0.05, 0.1) is 12.4 Å². The fourth-order valence-corrected chi connectivity index (χ4v) is 5.59. The minimum absolute atomic E-state index is 0.0135. The highest BCUT2D eigenvalue weighted by Gasteiger charge is 2.25. The van der Waals surface area contributed by atoms with Crippen molar-refractivity contribution in [2.45, 2.75) is 72.3 Å². The summed E-state index contributed by atoms with van der Waals surface area (Å²) in [4.78, 5) is 7.18. The zero-order chi connectivity index (χ0) is 33.8. The maximum Gasteiger partial charge on any atom is 0.148 e. The maximum atomic E-state index is 5.38. The molecule has 1 atom stereocenters. The van der Waals surface area contributed by atoms with Crippen LogP contribution in [0.15, 0.2) is 134 Å². The molecule has 3 N–H and O–H groups in total. The van der Waals surface area contributed by atoms with E-state index in [1.165, 1.54) is 35.1 Å². The topological polar surface area (TPSA) is 59.1 Å². The third kappa shape index (κ3) is 10.8. The van der Waals surface area contributed by atoms with E-state index in [9.17, 15) is 0 Å². The number of benzene rings is 3. The molecule has 3 aromatic carbocycles. The predicted octanol–water partition coefficient (Wildman–Crippen LogP) is 10.2. The van der Waals surface area contributed by atoms with Gasteiger partial charge in [-0.15, -0.1) is 0 Å². The summed E-state index contributed by atoms with van der Waals surface area (Å²) in [6.07, 6.45) is 10.7. The molecule has 5 nitrogen and oxygen atoms in total. The van der Waals surface area contributed by atoms with Crippen molar-refractivity contribution in [2.75, 3.05) is 18.4 Å². The van der Waals surface area contributed by atoms with Crippen LogP contribution in [0.2, 0.25) is 0 Å². The molecule has 1 aromatic heterocycles. The van der Waals surface area contributed by atoms with E-state index in [-0.39, 0.29) is 11.5 Å². The first-order valence-electron chi connectivity index (χ1n) is 17.1. The van der Waals surface area contributed by atoms with Crippen molar-refractivity contribution < 1.29 is 0 Å². The highest BCUT2D eigenvalue weighted by Crippen LogP contribution is 2.33. The minimum Gasteiger partial charge on any atom is -0.402 e. The van der Waals surface area contributed by atoms with E-state index in [1.807, 2.05) is 27.1 Å². The zero-order valence-electron chi connectivity index (χ0n) is 29.1. The number of imidazole rings is 1. The lowest BCUT2D eigenvalue weighted by atomic mass is 9.94. The Labute approximate surface area is 283 Å². The lowest BCUT2D eigenvalue weighted by Gasteiger charge is -2.37. The number of rotatable bonds is 12. The van der Waals surface area contributed by atoms with E-state index in [0.717, 1.165) is 67.6 Å². The van der Waals surface area contributed by atoms with Gasteiger partial charge in [-0.05, 0) is 66.7 Å². The molecule has 47 heavy (non-hydrogen) atoms. The van der Waals surface area contributed by atoms with Gasteiger partial charge in [0.1, 0.15) is 5.82 Å². The summed E-state index contributed by atoms with van der Waals surface area (Å²) in [7, 11) is 0. The number of unbranched alkanes of at least 4 members (excludes halogenated alkanes) is 1. The van der Waals surface area contributed by atoms with Gasteiger partial charge in [0, 0.05) is 41.8 Å². The molecule has 248 valence electrons. The van der Waals surface area contributed by atoms with Crippen LogP contribution in [0.4, 0.5) is 5.82 Å². The van der Waals surface area contributed by atoms with Gasteiger partial charge < -0.3 is 20.5 Å². The molecule has 5 rings (SSSR count). The molecule has 0 aliphatic carbocycles. The summed E-state index contributed by atoms with van der Waals surface area (Å²) in [5.41, 5.74) is 13.4. The van der Waals surface area contributed by atoms with Gasteiger partial charge in [-0.25, -0.2) is 4.98 Å². The van der Waals surface area contributed by atoms with Gasteiger partial charge in [0.15, 0.2) is 0 Å². The van der Waals surface area contributed by atoms with Gasteiger partial charge in [-0.1, -0.05) is 132 Å². The maximum absolute atomic E-state index is 5.38. The Hall–Kier alpha value is -4.51. The third-order valence-corrected chi connectivity index (χ3v) is 9.04. The van der Waals surface area contributed by atoms with Crippen LogP contribution in [0.3, 0.4) is 0 Å². The average Bonchev–Trinajstić information content (AvgIpc) is 3.52. The van der Waals surface area contributed by atoms with Crippen LogP contribution < -0.4 is 11.1 Å². The van der Waals surface area contributed by atoms with E-state index in [0.29, 0.717) is 0 Å². The SMILES string of the molecule is C=C(CCCCc1ccccc1)Nc1cn(C(C(=C)N2CCC(C)CC2)c2ccc(-c3ccccc3)cc2)cn1.C=C(N)C(C)(C)C. The Morgan fingerprint density at radius 1 is 0.872 bits per heavy atom. The van der Waals surface area contributed by atoms with Crippen LogP contribution in [-0.4, -0.2) is 27.5 Å². The molecule has 1 unspecified atom stereocenters. The Bertz CT molecular complexity index is 1550. The number of allylic oxidation sites excluding steroid dienone is 3. The van der Waals surface area contributed by atoms with Crippen LogP contribution in [-0.2, 0) is 6.42 Å². The van der Waals surface area contributed by atoms with Crippen LogP contribution in [0.1, 0.15) is 77.0 Å². The minimum atomic E-state index is -0.0135. The van der Waals surface area contributed by atoms with E-state index in [1.54, 1.807) is 0 Å². The molecule has 1 aliphatic rings. The molecule has 0 amide bonds. The Kier molecular flexibility index (Phi) is 12.7. The number of piperidine rings is 1. The number of anilines is 1. The fourth-order valence-electron chi connectivity index (χ4n) is 5.59. The smallest absolute Gasteiger partial charge is 0.148 e. The first kappa shape index (κ1) is 35.3. The summed E-state index contributed by atoms with van der Waals surface area (Å²) >= 11 is 0. The van der Waals surface area contributed by atoms with Crippen molar-refractivity contribution in [2.24, 2.45) is 17.1 Å². The van der Waals surface area contributed by atoms with Gasteiger partial charge >= 0.3 is 0 Å². The Balaban J connectivity index is 0.000000644. The Morgan fingerprint density at radius 3 is 2.04 bits per heavy atom. The summed E-state index contributed by atoms with van der Waals surface area (Å²) in [5.74, 6) is 1.61. The van der Waals surface area contributed by atoms with E-state index in [4.69, 9.17) is 10.7 Å². The second kappa shape index (κ2) is 16.9. The molecule has 4 aromatic rings. The first-order chi connectivity index (χ1) is 22.5. The van der Waals surface area contributed by atoms with Gasteiger partial charge in [-0.2, -0.15) is 0 Å². The number of nitrogens with two attached hydrogens (primary N) is 1. The standard InChI is InChI=1S/C36H42N4.C6H13N/c1-28-22-24-39(25-23-28)30(3)36(34-20-18-33(19-21-34)32-16-8-5-9-17-32)40-26-35(37-27-40)38-29(2)12-10-11-15-31-13-6-4-7-14-31;1-5(7)6(2,3)4/h4-9,13-14,16-21,26-28,36,38H,2-3,10-12,15,22-25H2,1H3;1,7H2,2-4H3.